The highest BCUT2D eigenvalue weighted by molar-refractivity contribution is 9.10. The van der Waals surface area contributed by atoms with E-state index in [2.05, 4.69) is 36.8 Å². The van der Waals surface area contributed by atoms with Gasteiger partial charge in [-0.1, -0.05) is 15.9 Å². The first-order chi connectivity index (χ1) is 12.5. The summed E-state index contributed by atoms with van der Waals surface area (Å²) in [6.45, 7) is 1.78. The van der Waals surface area contributed by atoms with Crippen LogP contribution < -0.4 is 5.32 Å². The van der Waals surface area contributed by atoms with Gasteiger partial charge in [-0.2, -0.15) is 0 Å². The number of nitrogens with one attached hydrogen (secondary N) is 1. The van der Waals surface area contributed by atoms with Gasteiger partial charge >= 0.3 is 0 Å². The number of fused-ring (bicyclic) bond motifs is 1. The summed E-state index contributed by atoms with van der Waals surface area (Å²) in [5, 5.41) is 14.2. The number of hydrogen-bond donors (Lipinski definition) is 1. The van der Waals surface area contributed by atoms with Gasteiger partial charge in [0.1, 0.15) is 17.7 Å². The van der Waals surface area contributed by atoms with Crippen molar-refractivity contribution >= 4 is 38.5 Å². The van der Waals surface area contributed by atoms with Gasteiger partial charge in [0.15, 0.2) is 5.76 Å². The number of amides is 1. The molecule has 0 unspecified atom stereocenters. The second-order valence-electron chi connectivity index (χ2n) is 5.57. The van der Waals surface area contributed by atoms with Gasteiger partial charge in [0, 0.05) is 15.4 Å². The molecule has 130 valence electrons. The Hall–Kier alpha value is -3.07. The maximum absolute atomic E-state index is 14.1. The van der Waals surface area contributed by atoms with Crippen LogP contribution in [0.3, 0.4) is 0 Å². The molecule has 0 atom stereocenters. The molecular weight excluding hydrogens is 405 g/mol. The molecule has 1 amide bonds. The quantitative estimate of drug-likeness (QED) is 0.548. The Labute approximate surface area is 154 Å². The Morgan fingerprint density at radius 2 is 2.12 bits per heavy atom. The predicted octanol–water partition coefficient (Wildman–Crippen LogP) is 3.87. The molecule has 0 aliphatic rings. The van der Waals surface area contributed by atoms with E-state index in [-0.39, 0.29) is 11.4 Å². The highest BCUT2D eigenvalue weighted by Gasteiger charge is 2.19. The van der Waals surface area contributed by atoms with Crippen molar-refractivity contribution in [1.29, 1.82) is 0 Å². The van der Waals surface area contributed by atoms with Crippen LogP contribution in [0, 0.1) is 12.7 Å². The van der Waals surface area contributed by atoms with Crippen LogP contribution in [0.25, 0.3) is 16.7 Å². The van der Waals surface area contributed by atoms with E-state index in [1.165, 1.54) is 29.2 Å². The van der Waals surface area contributed by atoms with E-state index in [1.807, 2.05) is 12.1 Å². The lowest BCUT2D eigenvalue weighted by Crippen LogP contribution is -2.13. The van der Waals surface area contributed by atoms with Crippen molar-refractivity contribution in [2.24, 2.45) is 0 Å². The number of aromatic nitrogens is 4. The van der Waals surface area contributed by atoms with Crippen molar-refractivity contribution in [3.8, 4) is 5.69 Å². The molecule has 9 heteroatoms. The summed E-state index contributed by atoms with van der Waals surface area (Å²) in [5.74, 6) is -0.986. The van der Waals surface area contributed by atoms with Crippen LogP contribution in [0.1, 0.15) is 16.1 Å². The van der Waals surface area contributed by atoms with E-state index in [1.54, 1.807) is 13.0 Å². The van der Waals surface area contributed by atoms with Crippen LogP contribution in [0.4, 0.5) is 10.1 Å². The largest absolute Gasteiger partial charge is 0.451 e. The number of furan rings is 1. The van der Waals surface area contributed by atoms with Crippen molar-refractivity contribution < 1.29 is 13.6 Å². The van der Waals surface area contributed by atoms with Gasteiger partial charge in [-0.3, -0.25) is 4.79 Å². The third-order valence-electron chi connectivity index (χ3n) is 3.92. The van der Waals surface area contributed by atoms with Crippen LogP contribution in [-0.2, 0) is 0 Å². The van der Waals surface area contributed by atoms with Gasteiger partial charge in [0.25, 0.3) is 5.91 Å². The molecule has 26 heavy (non-hydrogen) atoms. The zero-order valence-corrected chi connectivity index (χ0v) is 15.0. The highest BCUT2D eigenvalue weighted by Crippen LogP contribution is 2.29. The highest BCUT2D eigenvalue weighted by atomic mass is 79.9. The van der Waals surface area contributed by atoms with Crippen molar-refractivity contribution in [2.75, 3.05) is 5.32 Å². The molecule has 2 heterocycles. The van der Waals surface area contributed by atoms with Gasteiger partial charge in [0.2, 0.25) is 0 Å². The summed E-state index contributed by atoms with van der Waals surface area (Å²) in [4.78, 5) is 12.6. The van der Waals surface area contributed by atoms with Crippen LogP contribution in [0.15, 0.2) is 51.6 Å². The van der Waals surface area contributed by atoms with Crippen LogP contribution in [0.2, 0.25) is 0 Å². The minimum absolute atomic E-state index is 0.00374. The summed E-state index contributed by atoms with van der Waals surface area (Å²) in [5.41, 5.74) is 1.77. The summed E-state index contributed by atoms with van der Waals surface area (Å²) in [6, 6.07) is 9.63. The van der Waals surface area contributed by atoms with E-state index in [9.17, 15) is 9.18 Å². The fraction of sp³-hybridized carbons (Fsp3) is 0.0588. The Kier molecular flexibility index (Phi) is 4.00. The Morgan fingerprint density at radius 1 is 1.27 bits per heavy atom. The second kappa shape index (κ2) is 6.34. The van der Waals surface area contributed by atoms with E-state index in [0.29, 0.717) is 16.8 Å². The summed E-state index contributed by atoms with van der Waals surface area (Å²) in [7, 11) is 0. The number of halogens is 2. The van der Waals surface area contributed by atoms with Gasteiger partial charge in [-0.05, 0) is 53.7 Å². The van der Waals surface area contributed by atoms with E-state index >= 15 is 0 Å². The van der Waals surface area contributed by atoms with Gasteiger partial charge in [0.05, 0.1) is 11.4 Å². The van der Waals surface area contributed by atoms with Gasteiger partial charge in [-0.25, -0.2) is 9.07 Å². The SMILES string of the molecule is Cc1c(C(=O)Nc2cc(-n3cnnn3)ccc2F)oc2ccc(Br)cc12. The topological polar surface area (TPSA) is 85.8 Å². The molecule has 4 rings (SSSR count). The first-order valence-electron chi connectivity index (χ1n) is 7.56. The van der Waals surface area contributed by atoms with Gasteiger partial charge < -0.3 is 9.73 Å². The molecule has 1 N–H and O–H groups in total. The molecular formula is C17H11BrFN5O2. The third-order valence-corrected chi connectivity index (χ3v) is 4.41. The summed E-state index contributed by atoms with van der Waals surface area (Å²) in [6.07, 6.45) is 1.38. The summed E-state index contributed by atoms with van der Waals surface area (Å²) < 4.78 is 22.0. The number of tetrazole rings is 1. The van der Waals surface area contributed by atoms with E-state index in [0.717, 1.165) is 9.86 Å². The maximum Gasteiger partial charge on any atom is 0.291 e. The van der Waals surface area contributed by atoms with E-state index in [4.69, 9.17) is 4.42 Å². The monoisotopic (exact) mass is 415 g/mol. The zero-order valence-electron chi connectivity index (χ0n) is 13.4. The number of benzene rings is 2. The Morgan fingerprint density at radius 3 is 2.88 bits per heavy atom. The number of anilines is 1. The van der Waals surface area contributed by atoms with Crippen LogP contribution in [-0.4, -0.2) is 26.1 Å². The standard InChI is InChI=1S/C17H11BrFN5O2/c1-9-12-6-10(18)2-5-15(12)26-16(9)17(25)21-14-7-11(3-4-13(14)19)24-8-20-22-23-24/h2-8H,1H3,(H,21,25). The molecule has 2 aromatic carbocycles. The molecule has 0 aliphatic carbocycles. The fourth-order valence-electron chi connectivity index (χ4n) is 2.62. The maximum atomic E-state index is 14.1. The van der Waals surface area contributed by atoms with Crippen molar-refractivity contribution in [2.45, 2.75) is 6.92 Å². The average Bonchev–Trinajstić information content (AvgIpc) is 3.26. The Bertz CT molecular complexity index is 1120. The lowest BCUT2D eigenvalue weighted by atomic mass is 10.1. The minimum atomic E-state index is -0.577. The third kappa shape index (κ3) is 2.86. The lowest BCUT2D eigenvalue weighted by molar-refractivity contribution is 0.0997. The van der Waals surface area contributed by atoms with Crippen molar-refractivity contribution in [3.63, 3.8) is 0 Å². The zero-order chi connectivity index (χ0) is 18.3. The molecule has 0 spiro atoms. The van der Waals surface area contributed by atoms with Crippen molar-refractivity contribution in [3.05, 3.63) is 64.3 Å². The lowest BCUT2D eigenvalue weighted by Gasteiger charge is -2.07. The van der Waals surface area contributed by atoms with E-state index < -0.39 is 11.7 Å². The predicted molar refractivity (Wildman–Crippen MR) is 95.7 cm³/mol. The normalized spacial score (nSPS) is 11.0. The molecule has 0 saturated carbocycles. The molecule has 7 nitrogen and oxygen atoms in total. The molecule has 4 aromatic rings. The number of carbonyl (C=O) groups is 1. The smallest absolute Gasteiger partial charge is 0.291 e. The molecule has 0 bridgehead atoms. The molecule has 2 aromatic heterocycles. The average molecular weight is 416 g/mol. The fourth-order valence-corrected chi connectivity index (χ4v) is 2.98. The molecule has 0 fully saturated rings. The summed E-state index contributed by atoms with van der Waals surface area (Å²) >= 11 is 3.39. The van der Waals surface area contributed by atoms with Crippen molar-refractivity contribution in [1.82, 2.24) is 20.2 Å². The number of hydrogen-bond acceptors (Lipinski definition) is 5. The molecule has 0 radical (unpaired) electrons. The minimum Gasteiger partial charge on any atom is -0.451 e. The molecule has 0 saturated heterocycles. The second-order valence-corrected chi connectivity index (χ2v) is 6.49. The first kappa shape index (κ1) is 16.4. The number of carbonyl (C=O) groups excluding carboxylic acids is 1. The molecule has 0 aliphatic heterocycles. The first-order valence-corrected chi connectivity index (χ1v) is 8.35. The number of aryl methyl sites for hydroxylation is 1. The number of nitrogens with zero attached hydrogens (tertiary/aromatic N) is 4. The Balaban J connectivity index is 1.68. The van der Waals surface area contributed by atoms with Crippen LogP contribution in [0.5, 0.6) is 0 Å². The number of rotatable bonds is 3. The van der Waals surface area contributed by atoms with Gasteiger partial charge in [-0.15, -0.1) is 5.10 Å². The van der Waals surface area contributed by atoms with Crippen LogP contribution >= 0.6 is 15.9 Å².